The van der Waals surface area contributed by atoms with E-state index >= 15 is 0 Å². The smallest absolute Gasteiger partial charge is 0.297 e. The number of carbonyl (C=O) groups is 2. The third-order valence-electron chi connectivity index (χ3n) is 9.81. The Kier molecular flexibility index (Phi) is 6.22. The van der Waals surface area contributed by atoms with Crippen LogP contribution < -0.4 is 0 Å². The van der Waals surface area contributed by atoms with E-state index in [9.17, 15) is 18.0 Å². The number of carbonyl (C=O) groups excluding carboxylic acids is 2. The Morgan fingerprint density at radius 2 is 1.76 bits per heavy atom. The number of allylic oxidation sites excluding steroid dienone is 1. The summed E-state index contributed by atoms with van der Waals surface area (Å²) in [5, 5.41) is 0. The molecule has 5 rings (SSSR count). The molecule has 0 heterocycles. The van der Waals surface area contributed by atoms with Crippen LogP contribution in [0.3, 0.4) is 0 Å². The molecule has 0 bridgehead atoms. The quantitative estimate of drug-likeness (QED) is 0.430. The van der Waals surface area contributed by atoms with Crippen molar-refractivity contribution in [1.82, 2.24) is 0 Å². The minimum absolute atomic E-state index is 0.0600. The Morgan fingerprint density at radius 1 is 1.03 bits per heavy atom. The molecule has 5 nitrogen and oxygen atoms in total. The van der Waals surface area contributed by atoms with E-state index in [1.54, 1.807) is 12.1 Å². The Hall–Kier alpha value is -1.31. The third-order valence-corrected chi connectivity index (χ3v) is 11.6. The zero-order valence-corrected chi connectivity index (χ0v) is 22.3. The maximum Gasteiger partial charge on any atom is 0.297 e. The van der Waals surface area contributed by atoms with Gasteiger partial charge in [-0.05, 0) is 104 Å². The molecular formula is C27H33BrO5S. The Morgan fingerprint density at radius 3 is 2.50 bits per heavy atom. The van der Waals surface area contributed by atoms with Gasteiger partial charge in [0, 0.05) is 16.8 Å². The van der Waals surface area contributed by atoms with E-state index in [0.29, 0.717) is 24.2 Å². The van der Waals surface area contributed by atoms with Gasteiger partial charge < -0.3 is 0 Å². The normalized spacial score (nSPS) is 37.4. The van der Waals surface area contributed by atoms with Gasteiger partial charge in [0.25, 0.3) is 10.1 Å². The highest BCUT2D eigenvalue weighted by Crippen LogP contribution is 2.66. The largest absolute Gasteiger partial charge is 0.297 e. The summed E-state index contributed by atoms with van der Waals surface area (Å²) in [7, 11) is -3.97. The van der Waals surface area contributed by atoms with Crippen molar-refractivity contribution in [3.8, 4) is 0 Å². The molecule has 0 saturated heterocycles. The predicted octanol–water partition coefficient (Wildman–Crippen LogP) is 5.87. The molecule has 0 amide bonds. The highest BCUT2D eigenvalue weighted by atomic mass is 79.9. The van der Waals surface area contributed by atoms with Crippen LogP contribution in [0.4, 0.5) is 0 Å². The predicted molar refractivity (Wildman–Crippen MR) is 132 cm³/mol. The number of rotatable bonds is 5. The number of Topliss-reactive ketones (excluding diaryl/α,β-unsaturated/α-hetero) is 1. The number of ketones is 2. The lowest BCUT2D eigenvalue weighted by molar-refractivity contribution is -0.132. The Balaban J connectivity index is 1.30. The van der Waals surface area contributed by atoms with Crippen molar-refractivity contribution in [2.45, 2.75) is 70.1 Å². The first kappa shape index (κ1) is 24.4. The van der Waals surface area contributed by atoms with Crippen LogP contribution in [-0.2, 0) is 23.9 Å². The maximum absolute atomic E-state index is 13.3. The molecule has 0 N–H and O–H groups in total. The lowest BCUT2D eigenvalue weighted by Crippen LogP contribution is -2.51. The van der Waals surface area contributed by atoms with E-state index in [2.05, 4.69) is 29.8 Å². The van der Waals surface area contributed by atoms with Crippen LogP contribution in [0.5, 0.6) is 0 Å². The molecule has 4 aliphatic rings. The van der Waals surface area contributed by atoms with Crippen LogP contribution >= 0.6 is 15.9 Å². The first-order valence-electron chi connectivity index (χ1n) is 12.5. The molecule has 3 saturated carbocycles. The molecule has 184 valence electrons. The number of hydrogen-bond donors (Lipinski definition) is 0. The van der Waals surface area contributed by atoms with Crippen LogP contribution in [0.15, 0.2) is 45.3 Å². The highest BCUT2D eigenvalue weighted by Gasteiger charge is 2.60. The molecule has 0 aliphatic heterocycles. The van der Waals surface area contributed by atoms with Gasteiger partial charge in [0.05, 0.1) is 4.90 Å². The van der Waals surface area contributed by atoms with Crippen molar-refractivity contribution in [1.29, 1.82) is 0 Å². The van der Waals surface area contributed by atoms with E-state index in [-0.39, 0.29) is 33.2 Å². The molecule has 0 aromatic heterocycles. The van der Waals surface area contributed by atoms with Crippen molar-refractivity contribution in [3.05, 3.63) is 40.4 Å². The van der Waals surface area contributed by atoms with Crippen LogP contribution in [0.1, 0.15) is 65.2 Å². The van der Waals surface area contributed by atoms with Crippen LogP contribution in [0, 0.1) is 34.5 Å². The topological polar surface area (TPSA) is 77.5 Å². The second kappa shape index (κ2) is 8.67. The average Bonchev–Trinajstić information content (AvgIpc) is 3.15. The summed E-state index contributed by atoms with van der Waals surface area (Å²) in [6.45, 7) is 4.22. The van der Waals surface area contributed by atoms with Gasteiger partial charge in [0.2, 0.25) is 0 Å². The van der Waals surface area contributed by atoms with E-state index in [4.69, 9.17) is 4.18 Å². The lowest BCUT2D eigenvalue weighted by Gasteiger charge is -2.58. The Bertz CT molecular complexity index is 1140. The summed E-state index contributed by atoms with van der Waals surface area (Å²) in [5.41, 5.74) is 1.36. The third kappa shape index (κ3) is 3.96. The van der Waals surface area contributed by atoms with Crippen molar-refractivity contribution >= 4 is 37.6 Å². The van der Waals surface area contributed by atoms with Gasteiger partial charge in [0.1, 0.15) is 6.61 Å². The minimum atomic E-state index is -3.97. The fraction of sp³-hybridized carbons (Fsp3) is 0.630. The SMILES string of the molecule is C[C@@]12CC[C@@H]3[C@H](CCC4=CC(=O)CC[C@]43C)[C@@H]1CC[C@@H]2C(=O)COS(=O)(=O)c1ccc(Br)cc1. The van der Waals surface area contributed by atoms with Crippen molar-refractivity contribution in [2.75, 3.05) is 6.61 Å². The molecule has 4 aliphatic carbocycles. The van der Waals surface area contributed by atoms with Gasteiger partial charge in [-0.2, -0.15) is 8.42 Å². The van der Waals surface area contributed by atoms with Gasteiger partial charge in [0.15, 0.2) is 11.6 Å². The number of hydrogen-bond acceptors (Lipinski definition) is 5. The first-order chi connectivity index (χ1) is 16.0. The van der Waals surface area contributed by atoms with Crippen LogP contribution in [-0.4, -0.2) is 26.6 Å². The van der Waals surface area contributed by atoms with E-state index in [1.807, 2.05) is 6.08 Å². The number of halogens is 1. The molecule has 34 heavy (non-hydrogen) atoms. The molecule has 7 heteroatoms. The average molecular weight is 550 g/mol. The molecule has 3 fully saturated rings. The fourth-order valence-corrected chi connectivity index (χ4v) is 9.13. The van der Waals surface area contributed by atoms with E-state index in [1.165, 1.54) is 17.7 Å². The second-order valence-corrected chi connectivity index (χ2v) is 13.8. The summed E-state index contributed by atoms with van der Waals surface area (Å²) in [6, 6.07) is 6.24. The van der Waals surface area contributed by atoms with Gasteiger partial charge in [-0.25, -0.2) is 0 Å². The maximum atomic E-state index is 13.3. The number of benzene rings is 1. The zero-order valence-electron chi connectivity index (χ0n) is 19.9. The summed E-state index contributed by atoms with van der Waals surface area (Å²) < 4.78 is 31.2. The van der Waals surface area contributed by atoms with Crippen molar-refractivity contribution < 1.29 is 22.2 Å². The van der Waals surface area contributed by atoms with E-state index < -0.39 is 16.7 Å². The van der Waals surface area contributed by atoms with Crippen LogP contribution in [0.25, 0.3) is 0 Å². The fourth-order valence-electron chi connectivity index (χ4n) is 7.99. The second-order valence-electron chi connectivity index (χ2n) is 11.3. The molecule has 0 radical (unpaired) electrons. The number of fused-ring (bicyclic) bond motifs is 5. The van der Waals surface area contributed by atoms with Crippen molar-refractivity contribution in [2.24, 2.45) is 34.5 Å². The highest BCUT2D eigenvalue weighted by molar-refractivity contribution is 9.10. The molecule has 0 spiro atoms. The molecule has 1 aromatic carbocycles. The van der Waals surface area contributed by atoms with Crippen molar-refractivity contribution in [3.63, 3.8) is 0 Å². The molecular weight excluding hydrogens is 516 g/mol. The van der Waals surface area contributed by atoms with Gasteiger partial charge in [-0.15, -0.1) is 0 Å². The summed E-state index contributed by atoms with van der Waals surface area (Å²) >= 11 is 3.30. The van der Waals surface area contributed by atoms with Gasteiger partial charge >= 0.3 is 0 Å². The first-order valence-corrected chi connectivity index (χ1v) is 14.7. The Labute approximate surface area is 211 Å². The lowest BCUT2D eigenvalue weighted by atomic mass is 9.46. The zero-order chi connectivity index (χ0) is 24.3. The van der Waals surface area contributed by atoms with E-state index in [0.717, 1.165) is 49.4 Å². The van der Waals surface area contributed by atoms with Gasteiger partial charge in [-0.3, -0.25) is 13.8 Å². The van der Waals surface area contributed by atoms with Gasteiger partial charge in [-0.1, -0.05) is 35.4 Å². The molecule has 0 unspecified atom stereocenters. The summed E-state index contributed by atoms with van der Waals surface area (Å²) in [5.74, 6) is 1.64. The van der Waals surface area contributed by atoms with Crippen LogP contribution in [0.2, 0.25) is 0 Å². The summed E-state index contributed by atoms with van der Waals surface area (Å²) in [6.07, 6.45) is 9.48. The standard InChI is InChI=1S/C27H33BrO5S/c1-26-13-11-19(29)15-17(26)3-8-21-22-9-10-24(27(22,2)14-12-23(21)26)25(30)16-33-34(31,32)20-6-4-18(28)5-7-20/h4-7,15,21-24H,3,8-14,16H2,1-2H3/t21-,22+,23-,24-,26-,27-/m1/s1. The summed E-state index contributed by atoms with van der Waals surface area (Å²) in [4.78, 5) is 25.4. The molecule has 6 atom stereocenters. The minimum Gasteiger partial charge on any atom is -0.297 e. The monoisotopic (exact) mass is 548 g/mol. The molecule has 1 aromatic rings.